The van der Waals surface area contributed by atoms with Crippen LogP contribution in [0.25, 0.3) is 11.0 Å². The summed E-state index contributed by atoms with van der Waals surface area (Å²) < 4.78 is 37.9. The van der Waals surface area contributed by atoms with Gasteiger partial charge in [0.25, 0.3) is 0 Å². The Labute approximate surface area is 140 Å². The zero-order valence-corrected chi connectivity index (χ0v) is 14.5. The SMILES string of the molecule is Cn1c(CNC(=O)CC2(CS(C)(=O)=O)CC2)nc2ccc(F)cc21. The number of rotatable bonds is 6. The van der Waals surface area contributed by atoms with Gasteiger partial charge >= 0.3 is 0 Å². The van der Waals surface area contributed by atoms with E-state index in [2.05, 4.69) is 10.3 Å². The highest BCUT2D eigenvalue weighted by Gasteiger charge is 2.46. The molecule has 0 aliphatic heterocycles. The quantitative estimate of drug-likeness (QED) is 0.854. The number of sulfone groups is 1. The molecule has 1 saturated carbocycles. The third kappa shape index (κ3) is 3.75. The molecule has 24 heavy (non-hydrogen) atoms. The first-order valence-corrected chi connectivity index (χ1v) is 9.79. The number of nitrogens with zero attached hydrogens (tertiary/aromatic N) is 2. The molecule has 0 bridgehead atoms. The van der Waals surface area contributed by atoms with Gasteiger partial charge in [-0.2, -0.15) is 0 Å². The Bertz CT molecular complexity index is 901. The van der Waals surface area contributed by atoms with E-state index >= 15 is 0 Å². The first-order chi connectivity index (χ1) is 11.2. The molecule has 1 aliphatic rings. The summed E-state index contributed by atoms with van der Waals surface area (Å²) in [6.45, 7) is 0.223. The molecule has 1 fully saturated rings. The van der Waals surface area contributed by atoms with E-state index in [1.165, 1.54) is 18.4 Å². The molecule has 6 nitrogen and oxygen atoms in total. The van der Waals surface area contributed by atoms with Gasteiger partial charge in [-0.15, -0.1) is 0 Å². The Hall–Kier alpha value is -1.96. The lowest BCUT2D eigenvalue weighted by molar-refractivity contribution is -0.122. The lowest BCUT2D eigenvalue weighted by atomic mass is 10.1. The first kappa shape index (κ1) is 16.9. The number of benzene rings is 1. The predicted molar refractivity (Wildman–Crippen MR) is 88.5 cm³/mol. The van der Waals surface area contributed by atoms with Crippen LogP contribution in [0, 0.1) is 11.2 Å². The minimum Gasteiger partial charge on any atom is -0.349 e. The summed E-state index contributed by atoms with van der Waals surface area (Å²) in [5.74, 6) is 0.155. The summed E-state index contributed by atoms with van der Waals surface area (Å²) in [7, 11) is -1.33. The highest BCUT2D eigenvalue weighted by molar-refractivity contribution is 7.90. The van der Waals surface area contributed by atoms with Gasteiger partial charge < -0.3 is 9.88 Å². The summed E-state index contributed by atoms with van der Waals surface area (Å²) >= 11 is 0. The van der Waals surface area contributed by atoms with Crippen molar-refractivity contribution in [1.82, 2.24) is 14.9 Å². The van der Waals surface area contributed by atoms with Gasteiger partial charge in [0.1, 0.15) is 21.5 Å². The average molecular weight is 353 g/mol. The van der Waals surface area contributed by atoms with E-state index in [0.29, 0.717) is 16.9 Å². The summed E-state index contributed by atoms with van der Waals surface area (Å²) in [6.07, 6.45) is 2.93. The maximum atomic E-state index is 13.3. The maximum Gasteiger partial charge on any atom is 0.220 e. The molecule has 0 atom stereocenters. The number of fused-ring (bicyclic) bond motifs is 1. The zero-order chi connectivity index (χ0) is 17.5. The Balaban J connectivity index is 1.64. The third-order valence-electron chi connectivity index (χ3n) is 4.44. The predicted octanol–water partition coefficient (Wildman–Crippen LogP) is 1.54. The Kier molecular flexibility index (Phi) is 4.11. The van der Waals surface area contributed by atoms with Gasteiger partial charge in [0.05, 0.1) is 23.3 Å². The van der Waals surface area contributed by atoms with Crippen LogP contribution in [0.1, 0.15) is 25.1 Å². The number of carbonyl (C=O) groups excluding carboxylic acids is 1. The maximum absolute atomic E-state index is 13.3. The van der Waals surface area contributed by atoms with Crippen molar-refractivity contribution in [2.45, 2.75) is 25.8 Å². The Morgan fingerprint density at radius 2 is 2.12 bits per heavy atom. The number of aromatic nitrogens is 2. The molecular formula is C16H20FN3O3S. The average Bonchev–Trinajstić information content (AvgIpc) is 3.12. The highest BCUT2D eigenvalue weighted by atomic mass is 32.2. The molecule has 0 unspecified atom stereocenters. The summed E-state index contributed by atoms with van der Waals surface area (Å²) in [4.78, 5) is 16.5. The lowest BCUT2D eigenvalue weighted by Crippen LogP contribution is -2.29. The monoisotopic (exact) mass is 353 g/mol. The van der Waals surface area contributed by atoms with Crippen LogP contribution in [0.3, 0.4) is 0 Å². The molecular weight excluding hydrogens is 333 g/mol. The number of imidazole rings is 1. The fourth-order valence-corrected chi connectivity index (χ4v) is 4.56. The lowest BCUT2D eigenvalue weighted by Gasteiger charge is -2.13. The molecule has 0 saturated heterocycles. The number of halogens is 1. The molecule has 1 amide bonds. The fraction of sp³-hybridized carbons (Fsp3) is 0.500. The molecule has 1 heterocycles. The number of amides is 1. The van der Waals surface area contributed by atoms with Crippen molar-refractivity contribution in [3.8, 4) is 0 Å². The minimum atomic E-state index is -3.09. The molecule has 130 valence electrons. The van der Waals surface area contributed by atoms with Crippen molar-refractivity contribution in [1.29, 1.82) is 0 Å². The van der Waals surface area contributed by atoms with Crippen LogP contribution in [0.15, 0.2) is 18.2 Å². The van der Waals surface area contributed by atoms with Crippen molar-refractivity contribution < 1.29 is 17.6 Å². The Morgan fingerprint density at radius 3 is 2.75 bits per heavy atom. The zero-order valence-electron chi connectivity index (χ0n) is 13.7. The van der Waals surface area contributed by atoms with Gasteiger partial charge in [0, 0.05) is 19.7 Å². The molecule has 0 radical (unpaired) electrons. The van der Waals surface area contributed by atoms with Gasteiger partial charge in [0.15, 0.2) is 0 Å². The molecule has 1 N–H and O–H groups in total. The summed E-state index contributed by atoms with van der Waals surface area (Å²) in [6, 6.07) is 4.35. The molecule has 3 rings (SSSR count). The van der Waals surface area contributed by atoms with E-state index < -0.39 is 15.3 Å². The van der Waals surface area contributed by atoms with E-state index in [9.17, 15) is 17.6 Å². The van der Waals surface area contributed by atoms with Gasteiger partial charge in [-0.1, -0.05) is 0 Å². The number of aryl methyl sites for hydroxylation is 1. The van der Waals surface area contributed by atoms with Crippen LogP contribution < -0.4 is 5.32 Å². The second-order valence-corrected chi connectivity index (χ2v) is 8.88. The van der Waals surface area contributed by atoms with Crippen LogP contribution in [-0.4, -0.2) is 35.9 Å². The first-order valence-electron chi connectivity index (χ1n) is 7.73. The molecule has 0 spiro atoms. The molecule has 8 heteroatoms. The van der Waals surface area contributed by atoms with Crippen LogP contribution in [0.2, 0.25) is 0 Å². The van der Waals surface area contributed by atoms with Crippen molar-refractivity contribution in [3.05, 3.63) is 29.8 Å². The second kappa shape index (κ2) is 5.84. The largest absolute Gasteiger partial charge is 0.349 e. The van der Waals surface area contributed by atoms with E-state index in [-0.39, 0.29) is 30.4 Å². The van der Waals surface area contributed by atoms with Crippen molar-refractivity contribution in [3.63, 3.8) is 0 Å². The fourth-order valence-electron chi connectivity index (χ4n) is 3.06. The van der Waals surface area contributed by atoms with Gasteiger partial charge in [-0.25, -0.2) is 17.8 Å². The summed E-state index contributed by atoms with van der Waals surface area (Å²) in [5, 5.41) is 2.79. The number of nitrogens with one attached hydrogen (secondary N) is 1. The Morgan fingerprint density at radius 1 is 1.42 bits per heavy atom. The summed E-state index contributed by atoms with van der Waals surface area (Å²) in [5.41, 5.74) is 0.932. The molecule has 1 aliphatic carbocycles. The molecule has 1 aromatic carbocycles. The molecule has 2 aromatic rings. The van der Waals surface area contributed by atoms with Crippen LogP contribution in [0.4, 0.5) is 4.39 Å². The van der Waals surface area contributed by atoms with Gasteiger partial charge in [-0.05, 0) is 36.5 Å². The van der Waals surface area contributed by atoms with Crippen molar-refractivity contribution in [2.24, 2.45) is 12.5 Å². The topological polar surface area (TPSA) is 81.1 Å². The van der Waals surface area contributed by atoms with E-state index in [4.69, 9.17) is 0 Å². The van der Waals surface area contributed by atoms with Crippen LogP contribution in [-0.2, 0) is 28.2 Å². The molecule has 1 aromatic heterocycles. The van der Waals surface area contributed by atoms with E-state index in [0.717, 1.165) is 12.8 Å². The van der Waals surface area contributed by atoms with Gasteiger partial charge in [0.2, 0.25) is 5.91 Å². The smallest absolute Gasteiger partial charge is 0.220 e. The second-order valence-electron chi connectivity index (χ2n) is 6.74. The van der Waals surface area contributed by atoms with Crippen molar-refractivity contribution in [2.75, 3.05) is 12.0 Å². The number of carbonyl (C=O) groups is 1. The van der Waals surface area contributed by atoms with E-state index in [1.54, 1.807) is 17.7 Å². The van der Waals surface area contributed by atoms with Gasteiger partial charge in [-0.3, -0.25) is 4.79 Å². The van der Waals surface area contributed by atoms with Crippen molar-refractivity contribution >= 4 is 26.8 Å². The normalized spacial score (nSPS) is 16.3. The minimum absolute atomic E-state index is 0.0546. The number of hydrogen-bond donors (Lipinski definition) is 1. The highest BCUT2D eigenvalue weighted by Crippen LogP contribution is 2.49. The third-order valence-corrected chi connectivity index (χ3v) is 5.58. The number of hydrogen-bond acceptors (Lipinski definition) is 4. The van der Waals surface area contributed by atoms with E-state index in [1.807, 2.05) is 0 Å². The van der Waals surface area contributed by atoms with Crippen LogP contribution in [0.5, 0.6) is 0 Å². The van der Waals surface area contributed by atoms with Crippen LogP contribution >= 0.6 is 0 Å². The standard InChI is InChI=1S/C16H20FN3O3S/c1-20-13-7-11(17)3-4-12(13)19-14(20)9-18-15(21)8-16(5-6-16)10-24(2,22)23/h3-4,7H,5-6,8-10H2,1-2H3,(H,18,21).